The first kappa shape index (κ1) is 16.9. The molecule has 0 aliphatic heterocycles. The summed E-state index contributed by atoms with van der Waals surface area (Å²) in [5, 5.41) is 3.31. The third-order valence-corrected chi connectivity index (χ3v) is 7.14. The number of rotatable bonds is 6. The first-order valence-corrected chi connectivity index (χ1v) is 9.97. The molecule has 1 fully saturated rings. The van der Waals surface area contributed by atoms with E-state index in [1.54, 1.807) is 6.07 Å². The lowest BCUT2D eigenvalue weighted by atomic mass is 9.84. The molecule has 1 aliphatic carbocycles. The van der Waals surface area contributed by atoms with Crippen LogP contribution in [0.3, 0.4) is 0 Å². The minimum absolute atomic E-state index is 0.280. The van der Waals surface area contributed by atoms with Crippen molar-refractivity contribution in [3.05, 3.63) is 17.0 Å². The largest absolute Gasteiger partial charge is 0.310 e. The molecule has 1 aromatic rings. The molecule has 1 heterocycles. The van der Waals surface area contributed by atoms with Gasteiger partial charge in [0, 0.05) is 23.0 Å². The van der Waals surface area contributed by atoms with Gasteiger partial charge in [-0.25, -0.2) is 13.1 Å². The van der Waals surface area contributed by atoms with Crippen LogP contribution >= 0.6 is 11.3 Å². The maximum absolute atomic E-state index is 12.5. The van der Waals surface area contributed by atoms with Crippen LogP contribution in [-0.2, 0) is 16.6 Å². The van der Waals surface area contributed by atoms with Crippen molar-refractivity contribution in [3.63, 3.8) is 0 Å². The van der Waals surface area contributed by atoms with Gasteiger partial charge in [-0.3, -0.25) is 0 Å². The zero-order chi connectivity index (χ0) is 15.5. The third-order valence-electron chi connectivity index (χ3n) is 3.92. The Labute approximate surface area is 132 Å². The van der Waals surface area contributed by atoms with Gasteiger partial charge < -0.3 is 5.32 Å². The molecule has 2 N–H and O–H groups in total. The lowest BCUT2D eigenvalue weighted by Crippen LogP contribution is -2.46. The topological polar surface area (TPSA) is 58.2 Å². The van der Waals surface area contributed by atoms with Gasteiger partial charge in [-0.2, -0.15) is 0 Å². The summed E-state index contributed by atoms with van der Waals surface area (Å²) in [6.45, 7) is 6.90. The Morgan fingerprint density at radius 1 is 1.24 bits per heavy atom. The van der Waals surface area contributed by atoms with E-state index in [9.17, 15) is 8.42 Å². The van der Waals surface area contributed by atoms with Crippen molar-refractivity contribution in [1.29, 1.82) is 0 Å². The molecule has 4 nitrogen and oxygen atoms in total. The van der Waals surface area contributed by atoms with E-state index in [4.69, 9.17) is 0 Å². The molecule has 0 spiro atoms. The van der Waals surface area contributed by atoms with E-state index in [2.05, 4.69) is 23.9 Å². The number of nitrogens with one attached hydrogen (secondary N) is 2. The second-order valence-electron chi connectivity index (χ2n) is 6.48. The van der Waals surface area contributed by atoms with Crippen molar-refractivity contribution in [1.82, 2.24) is 10.0 Å². The third kappa shape index (κ3) is 4.77. The molecule has 0 bridgehead atoms. The molecule has 2 rings (SSSR count). The summed E-state index contributed by atoms with van der Waals surface area (Å²) in [7, 11) is -3.40. The SMILES string of the molecule is CC(C)NCc1ccc(S(=O)(=O)NC2(C)CCCCC2)s1. The van der Waals surface area contributed by atoms with Gasteiger partial charge in [0.25, 0.3) is 10.0 Å². The van der Waals surface area contributed by atoms with E-state index < -0.39 is 10.0 Å². The summed E-state index contributed by atoms with van der Waals surface area (Å²) < 4.78 is 28.4. The van der Waals surface area contributed by atoms with E-state index in [0.717, 1.165) is 37.1 Å². The van der Waals surface area contributed by atoms with Crippen molar-refractivity contribution in [2.45, 2.75) is 75.2 Å². The van der Waals surface area contributed by atoms with Gasteiger partial charge in [0.05, 0.1) is 0 Å². The van der Waals surface area contributed by atoms with Crippen molar-refractivity contribution >= 4 is 21.4 Å². The summed E-state index contributed by atoms with van der Waals surface area (Å²) in [4.78, 5) is 1.05. The van der Waals surface area contributed by atoms with E-state index in [0.29, 0.717) is 10.3 Å². The van der Waals surface area contributed by atoms with Crippen LogP contribution < -0.4 is 10.0 Å². The number of hydrogen-bond acceptors (Lipinski definition) is 4. The van der Waals surface area contributed by atoms with Gasteiger partial charge in [0.15, 0.2) is 0 Å². The summed E-state index contributed by atoms with van der Waals surface area (Å²) in [6, 6.07) is 4.01. The summed E-state index contributed by atoms with van der Waals surface area (Å²) in [5.74, 6) is 0. The molecule has 1 saturated carbocycles. The second-order valence-corrected chi connectivity index (χ2v) is 9.56. The lowest BCUT2D eigenvalue weighted by Gasteiger charge is -2.33. The molecule has 1 aliphatic rings. The van der Waals surface area contributed by atoms with Crippen LogP contribution in [0.25, 0.3) is 0 Å². The van der Waals surface area contributed by atoms with Gasteiger partial charge in [0.1, 0.15) is 4.21 Å². The minimum atomic E-state index is -3.40. The van der Waals surface area contributed by atoms with E-state index in [1.165, 1.54) is 17.8 Å². The Kier molecular flexibility index (Phi) is 5.46. The Morgan fingerprint density at radius 2 is 1.90 bits per heavy atom. The van der Waals surface area contributed by atoms with Crippen LogP contribution in [0, 0.1) is 0 Å². The normalized spacial score (nSPS) is 19.0. The molecular formula is C15H26N2O2S2. The monoisotopic (exact) mass is 330 g/mol. The predicted molar refractivity (Wildman–Crippen MR) is 88.1 cm³/mol. The van der Waals surface area contributed by atoms with Crippen molar-refractivity contribution < 1.29 is 8.42 Å². The molecule has 0 radical (unpaired) electrons. The van der Waals surface area contributed by atoms with Crippen LogP contribution in [0.15, 0.2) is 16.3 Å². The molecule has 0 saturated heterocycles. The fourth-order valence-corrected chi connectivity index (χ4v) is 5.48. The standard InChI is InChI=1S/C15H26N2O2S2/c1-12(2)16-11-13-7-8-14(20-13)21(18,19)17-15(3)9-5-4-6-10-15/h7-8,12,16-17H,4-6,9-11H2,1-3H3. The Bertz CT molecular complexity index is 558. The fourth-order valence-electron chi connectivity index (χ4n) is 2.71. The van der Waals surface area contributed by atoms with E-state index in [1.807, 2.05) is 13.0 Å². The average molecular weight is 331 g/mol. The van der Waals surface area contributed by atoms with Crippen LogP contribution in [0.4, 0.5) is 0 Å². The number of sulfonamides is 1. The van der Waals surface area contributed by atoms with Gasteiger partial charge in [-0.15, -0.1) is 11.3 Å². The molecule has 6 heteroatoms. The quantitative estimate of drug-likeness (QED) is 0.842. The first-order valence-electron chi connectivity index (χ1n) is 7.67. The number of hydrogen-bond donors (Lipinski definition) is 2. The zero-order valence-corrected chi connectivity index (χ0v) is 14.7. The highest BCUT2D eigenvalue weighted by Gasteiger charge is 2.32. The smallest absolute Gasteiger partial charge is 0.250 e. The molecule has 0 unspecified atom stereocenters. The molecule has 120 valence electrons. The van der Waals surface area contributed by atoms with Crippen LogP contribution in [0.2, 0.25) is 0 Å². The van der Waals surface area contributed by atoms with Crippen LogP contribution in [0.5, 0.6) is 0 Å². The molecule has 0 amide bonds. The predicted octanol–water partition coefficient (Wildman–Crippen LogP) is 3.25. The zero-order valence-electron chi connectivity index (χ0n) is 13.1. The summed E-state index contributed by atoms with van der Waals surface area (Å²) >= 11 is 1.36. The van der Waals surface area contributed by atoms with E-state index >= 15 is 0 Å². The highest BCUT2D eigenvalue weighted by atomic mass is 32.2. The Morgan fingerprint density at radius 3 is 2.52 bits per heavy atom. The summed E-state index contributed by atoms with van der Waals surface area (Å²) in [5.41, 5.74) is -0.280. The fraction of sp³-hybridized carbons (Fsp3) is 0.733. The van der Waals surface area contributed by atoms with Crippen LogP contribution in [0.1, 0.15) is 57.8 Å². The molecular weight excluding hydrogens is 304 g/mol. The summed E-state index contributed by atoms with van der Waals surface area (Å²) in [6.07, 6.45) is 5.28. The van der Waals surface area contributed by atoms with Gasteiger partial charge >= 0.3 is 0 Å². The highest BCUT2D eigenvalue weighted by Crippen LogP contribution is 2.30. The maximum Gasteiger partial charge on any atom is 0.250 e. The second kappa shape index (κ2) is 6.77. The van der Waals surface area contributed by atoms with Crippen molar-refractivity contribution in [2.75, 3.05) is 0 Å². The van der Waals surface area contributed by atoms with Gasteiger partial charge in [-0.1, -0.05) is 33.1 Å². The first-order chi connectivity index (χ1) is 9.81. The Hall–Kier alpha value is -0.430. The highest BCUT2D eigenvalue weighted by molar-refractivity contribution is 7.91. The van der Waals surface area contributed by atoms with Crippen LogP contribution in [-0.4, -0.2) is 20.0 Å². The molecule has 1 aromatic heterocycles. The van der Waals surface area contributed by atoms with E-state index in [-0.39, 0.29) is 5.54 Å². The van der Waals surface area contributed by atoms with Crippen molar-refractivity contribution in [3.8, 4) is 0 Å². The Balaban J connectivity index is 2.05. The molecule has 21 heavy (non-hydrogen) atoms. The molecule has 0 atom stereocenters. The molecule has 0 aromatic carbocycles. The number of thiophene rings is 1. The average Bonchev–Trinajstić information content (AvgIpc) is 2.85. The van der Waals surface area contributed by atoms with Crippen molar-refractivity contribution in [2.24, 2.45) is 0 Å². The van der Waals surface area contributed by atoms with Gasteiger partial charge in [0.2, 0.25) is 0 Å². The minimum Gasteiger partial charge on any atom is -0.310 e. The lowest BCUT2D eigenvalue weighted by molar-refractivity contribution is 0.294. The van der Waals surface area contributed by atoms with Gasteiger partial charge in [-0.05, 0) is 31.9 Å². The maximum atomic E-state index is 12.5.